The van der Waals surface area contributed by atoms with Crippen LogP contribution in [0.15, 0.2) is 164 Å². The molecule has 2 unspecified atom stereocenters. The van der Waals surface area contributed by atoms with E-state index in [1.54, 1.807) is 0 Å². The average molecular weight is 1150 g/mol. The van der Waals surface area contributed by atoms with Gasteiger partial charge in [-0.25, -0.2) is 0 Å². The van der Waals surface area contributed by atoms with Crippen molar-refractivity contribution in [2.75, 3.05) is 14.7 Å². The summed E-state index contributed by atoms with van der Waals surface area (Å²) in [5, 5.41) is 5.32. The second-order valence-corrected chi connectivity index (χ2v) is 32.3. The Balaban J connectivity index is 1.07. The molecule has 4 aliphatic rings. The Bertz CT molecular complexity index is 4610. The Labute approximate surface area is 513 Å². The summed E-state index contributed by atoms with van der Waals surface area (Å²) in [5.74, 6) is 0. The number of nitrogens with zero attached hydrogens (tertiary/aromatic N) is 3. The molecule has 0 spiro atoms. The molecule has 2 aromatic heterocycles. The van der Waals surface area contributed by atoms with E-state index >= 15 is 0 Å². The zero-order valence-electron chi connectivity index (χ0n) is 52.7. The van der Waals surface area contributed by atoms with E-state index in [1.807, 2.05) is 22.7 Å². The molecule has 3 nitrogen and oxygen atoms in total. The molecule has 5 heterocycles. The first-order valence-electron chi connectivity index (χ1n) is 31.3. The molecule has 1 saturated carbocycles. The Morgan fingerprint density at radius 1 is 0.447 bits per heavy atom. The fourth-order valence-electron chi connectivity index (χ4n) is 15.7. The predicted octanol–water partition coefficient (Wildman–Crippen LogP) is 21.4. The minimum Gasteiger partial charge on any atom is -0.334 e. The summed E-state index contributed by atoms with van der Waals surface area (Å²) in [4.78, 5) is 8.27. The first-order valence-corrected chi connectivity index (χ1v) is 32.9. The van der Waals surface area contributed by atoms with Crippen LogP contribution in [0.5, 0.6) is 0 Å². The second-order valence-electron chi connectivity index (χ2n) is 30.2. The summed E-state index contributed by atoms with van der Waals surface area (Å²) in [6.45, 7) is 35.7. The summed E-state index contributed by atoms with van der Waals surface area (Å²) in [7, 11) is 0. The molecule has 2 atom stereocenters. The summed E-state index contributed by atoms with van der Waals surface area (Å²) in [6.07, 6.45) is 4.80. The number of hydrogen-bond acceptors (Lipinski definition) is 5. The van der Waals surface area contributed by atoms with Gasteiger partial charge in [0.25, 0.3) is 6.71 Å². The molecule has 15 rings (SSSR count). The lowest BCUT2D eigenvalue weighted by Crippen LogP contribution is -2.61. The summed E-state index contributed by atoms with van der Waals surface area (Å²) in [5.41, 5.74) is 24.7. The van der Waals surface area contributed by atoms with Gasteiger partial charge in [0, 0.05) is 75.1 Å². The maximum absolute atomic E-state index is 2.81. The summed E-state index contributed by atoms with van der Waals surface area (Å²) >= 11 is 3.90. The highest BCUT2D eigenvalue weighted by Crippen LogP contribution is 2.62. The molecule has 0 saturated heterocycles. The Kier molecular flexibility index (Phi) is 11.8. The zero-order valence-corrected chi connectivity index (χ0v) is 54.3. The van der Waals surface area contributed by atoms with Gasteiger partial charge in [-0.15, -0.1) is 22.7 Å². The predicted molar refractivity (Wildman–Crippen MR) is 374 cm³/mol. The van der Waals surface area contributed by atoms with E-state index in [0.717, 1.165) is 6.42 Å². The van der Waals surface area contributed by atoms with Gasteiger partial charge < -0.3 is 14.7 Å². The molecular formula is C79H80BN3S2. The molecule has 85 heavy (non-hydrogen) atoms. The third kappa shape index (κ3) is 8.09. The van der Waals surface area contributed by atoms with Crippen molar-refractivity contribution in [3.05, 3.63) is 197 Å². The van der Waals surface area contributed by atoms with E-state index in [0.29, 0.717) is 0 Å². The van der Waals surface area contributed by atoms with Gasteiger partial charge in [0.05, 0.1) is 27.3 Å². The Morgan fingerprint density at radius 3 is 1.74 bits per heavy atom. The third-order valence-corrected chi connectivity index (χ3v) is 23.0. The molecule has 426 valence electrons. The highest BCUT2D eigenvalue weighted by atomic mass is 32.1. The molecule has 3 aliphatic heterocycles. The van der Waals surface area contributed by atoms with Gasteiger partial charge >= 0.3 is 0 Å². The number of anilines is 8. The van der Waals surface area contributed by atoms with Crippen LogP contribution in [-0.4, -0.2) is 12.3 Å². The Hall–Kier alpha value is -7.12. The molecule has 0 radical (unpaired) electrons. The maximum Gasteiger partial charge on any atom is 0.252 e. The van der Waals surface area contributed by atoms with Crippen molar-refractivity contribution in [3.63, 3.8) is 0 Å². The molecule has 0 N–H and O–H groups in total. The summed E-state index contributed by atoms with van der Waals surface area (Å²) in [6, 6.07) is 65.5. The zero-order chi connectivity index (χ0) is 59.2. The van der Waals surface area contributed by atoms with Crippen molar-refractivity contribution < 1.29 is 0 Å². The number of benzene rings is 9. The summed E-state index contributed by atoms with van der Waals surface area (Å²) < 4.78 is 5.30. The number of aryl methyl sites for hydroxylation is 1. The third-order valence-electron chi connectivity index (χ3n) is 20.7. The van der Waals surface area contributed by atoms with Crippen LogP contribution in [0.2, 0.25) is 0 Å². The van der Waals surface area contributed by atoms with Crippen LogP contribution < -0.4 is 31.1 Å². The fraction of sp³-hybridized carbons (Fsp3) is 0.316. The van der Waals surface area contributed by atoms with Crippen LogP contribution in [0.1, 0.15) is 156 Å². The van der Waals surface area contributed by atoms with Crippen molar-refractivity contribution in [2.45, 2.75) is 162 Å². The van der Waals surface area contributed by atoms with Crippen LogP contribution in [-0.2, 0) is 27.1 Å². The van der Waals surface area contributed by atoms with Crippen LogP contribution in [0, 0.1) is 6.92 Å². The van der Waals surface area contributed by atoms with Crippen molar-refractivity contribution >= 4 is 132 Å². The highest BCUT2D eigenvalue weighted by Gasteiger charge is 2.58. The van der Waals surface area contributed by atoms with Gasteiger partial charge in [0.2, 0.25) is 0 Å². The SMILES string of the molecule is Cc1cc2c3c(c1)N(c1cccc4sc5ccc(C(C)(C)C)cc5c14)c1cc(N4c5ccc(C(C)(C)C)cc5C5(C)CCCCC45C)ccc1B3c1ccc3c(sc4ccc(C(C)(C)C)cc43)c1N2c1ccc(C(C)(C)C)cc1-c1ccccc1. The van der Waals surface area contributed by atoms with Gasteiger partial charge in [-0.2, -0.15) is 0 Å². The number of rotatable bonds is 4. The smallest absolute Gasteiger partial charge is 0.252 e. The van der Waals surface area contributed by atoms with Crippen LogP contribution in [0.25, 0.3) is 51.5 Å². The average Bonchev–Trinajstić information content (AvgIpc) is 1.77. The van der Waals surface area contributed by atoms with Gasteiger partial charge in [0.1, 0.15) is 0 Å². The molecule has 0 bridgehead atoms. The molecule has 9 aromatic carbocycles. The second kappa shape index (κ2) is 18.5. The largest absolute Gasteiger partial charge is 0.334 e. The monoisotopic (exact) mass is 1150 g/mol. The van der Waals surface area contributed by atoms with Crippen LogP contribution >= 0.6 is 22.7 Å². The fourth-order valence-corrected chi connectivity index (χ4v) is 18.0. The van der Waals surface area contributed by atoms with Crippen LogP contribution in [0.4, 0.5) is 45.5 Å². The van der Waals surface area contributed by atoms with E-state index in [-0.39, 0.29) is 39.3 Å². The first-order chi connectivity index (χ1) is 40.3. The lowest BCUT2D eigenvalue weighted by Gasteiger charge is -2.50. The molecule has 1 aliphatic carbocycles. The van der Waals surface area contributed by atoms with Crippen LogP contribution in [0.3, 0.4) is 0 Å². The van der Waals surface area contributed by atoms with E-state index in [1.165, 1.54) is 166 Å². The minimum absolute atomic E-state index is 0.00844. The van der Waals surface area contributed by atoms with Gasteiger partial charge in [-0.3, -0.25) is 0 Å². The quantitative estimate of drug-likeness (QED) is 0.163. The lowest BCUT2D eigenvalue weighted by molar-refractivity contribution is 0.195. The lowest BCUT2D eigenvalue weighted by atomic mass is 9.33. The van der Waals surface area contributed by atoms with Gasteiger partial charge in [-0.1, -0.05) is 188 Å². The molecule has 1 fully saturated rings. The molecule has 0 amide bonds. The van der Waals surface area contributed by atoms with Gasteiger partial charge in [0.15, 0.2) is 0 Å². The molecule has 11 aromatic rings. The normalized spacial score (nSPS) is 18.6. The molecular weight excluding hydrogens is 1070 g/mol. The van der Waals surface area contributed by atoms with E-state index in [9.17, 15) is 0 Å². The number of thiophene rings is 2. The van der Waals surface area contributed by atoms with Crippen molar-refractivity contribution in [3.8, 4) is 11.1 Å². The molecule has 6 heteroatoms. The highest BCUT2D eigenvalue weighted by molar-refractivity contribution is 7.27. The topological polar surface area (TPSA) is 9.72 Å². The van der Waals surface area contributed by atoms with Gasteiger partial charge in [-0.05, 0) is 183 Å². The van der Waals surface area contributed by atoms with Crippen molar-refractivity contribution in [2.24, 2.45) is 0 Å². The van der Waals surface area contributed by atoms with E-state index < -0.39 is 0 Å². The van der Waals surface area contributed by atoms with Crippen molar-refractivity contribution in [1.82, 2.24) is 0 Å². The number of hydrogen-bond donors (Lipinski definition) is 0. The number of fused-ring (bicyclic) bond motifs is 14. The first kappa shape index (κ1) is 54.5. The Morgan fingerprint density at radius 2 is 1.05 bits per heavy atom. The van der Waals surface area contributed by atoms with E-state index in [2.05, 4.69) is 282 Å². The van der Waals surface area contributed by atoms with E-state index in [4.69, 9.17) is 0 Å². The van der Waals surface area contributed by atoms with Crippen molar-refractivity contribution in [1.29, 1.82) is 0 Å². The maximum atomic E-state index is 2.81. The standard InChI is InChI=1S/C79H80BN3S2/c1-47-40-65-71-66(41-47)82(61-34-26-49(74(2,3)4)42-55(61)48-22-17-16-18-23-48)72-60(33-31-54-56-43-50(75(5,6)7)28-36-67(56)85-73(54)72)80(71)59-32-30-53(83-62-35-27-52(77(11,12)13)45-58(62)78(14)38-19-20-39-79(78,83)15)46-64(59)81(65)63-24-21-25-69-70(63)57-44-51(76(8,9)10)29-37-68(57)84-69/h16-18,21-37,40-46H,19-20,38-39H2,1-15H3. The minimum atomic E-state index is -0.122.